The molecule has 1 aromatic carbocycles. The van der Waals surface area contributed by atoms with Crippen LogP contribution in [0.2, 0.25) is 0 Å². The normalized spacial score (nSPS) is 22.7. The van der Waals surface area contributed by atoms with E-state index in [9.17, 15) is 18.0 Å². The highest BCUT2D eigenvalue weighted by molar-refractivity contribution is 7.89. The molecule has 1 aromatic rings. The first kappa shape index (κ1) is 15.9. The highest BCUT2D eigenvalue weighted by Crippen LogP contribution is 2.35. The van der Waals surface area contributed by atoms with Gasteiger partial charge < -0.3 is 11.1 Å². The number of amides is 2. The van der Waals surface area contributed by atoms with Gasteiger partial charge in [-0.2, -0.15) is 4.31 Å². The minimum atomic E-state index is -3.63. The molecule has 2 aliphatic rings. The number of carbonyl (C=O) groups excluding carboxylic acids is 2. The second kappa shape index (κ2) is 5.61. The first-order valence-electron chi connectivity index (χ1n) is 7.55. The summed E-state index contributed by atoms with van der Waals surface area (Å²) in [5.41, 5.74) is 6.64. The Balaban J connectivity index is 1.84. The van der Waals surface area contributed by atoms with Crippen molar-refractivity contribution in [2.24, 2.45) is 11.7 Å². The van der Waals surface area contributed by atoms with Gasteiger partial charge in [0.25, 0.3) is 0 Å². The molecule has 23 heavy (non-hydrogen) atoms. The molecule has 0 aromatic heterocycles. The SMILES string of the molecule is C[C@H]1C(=O)Nc2ccc(S(=O)(=O)N3CCC(C(N)=O)CC3)cc21. The minimum absolute atomic E-state index is 0.128. The lowest BCUT2D eigenvalue weighted by Crippen LogP contribution is -2.41. The van der Waals surface area contributed by atoms with E-state index >= 15 is 0 Å². The van der Waals surface area contributed by atoms with E-state index in [-0.39, 0.29) is 41.6 Å². The molecule has 3 rings (SSSR count). The standard InChI is InChI=1S/C15H19N3O4S/c1-9-12-8-11(2-3-13(12)17-15(9)20)23(21,22)18-6-4-10(5-7-18)14(16)19/h2-3,8-10H,4-7H2,1H3,(H2,16,19)(H,17,20)/t9-/m1/s1. The molecule has 0 radical (unpaired) electrons. The van der Waals surface area contributed by atoms with Crippen molar-refractivity contribution in [1.82, 2.24) is 4.31 Å². The monoisotopic (exact) mass is 337 g/mol. The molecule has 0 spiro atoms. The zero-order chi connectivity index (χ0) is 16.8. The van der Waals surface area contributed by atoms with Gasteiger partial charge in [-0.25, -0.2) is 8.42 Å². The van der Waals surface area contributed by atoms with E-state index in [0.29, 0.717) is 24.1 Å². The summed E-state index contributed by atoms with van der Waals surface area (Å²) >= 11 is 0. The third-order valence-electron chi connectivity index (χ3n) is 4.63. The fourth-order valence-corrected chi connectivity index (χ4v) is 4.59. The number of sulfonamides is 1. The topological polar surface area (TPSA) is 110 Å². The molecule has 8 heteroatoms. The van der Waals surface area contributed by atoms with Crippen LogP contribution in [0.15, 0.2) is 23.1 Å². The number of fused-ring (bicyclic) bond motifs is 1. The Kier molecular flexibility index (Phi) is 3.89. The number of nitrogens with one attached hydrogen (secondary N) is 1. The molecule has 1 atom stereocenters. The van der Waals surface area contributed by atoms with Crippen molar-refractivity contribution in [1.29, 1.82) is 0 Å². The smallest absolute Gasteiger partial charge is 0.243 e. The van der Waals surface area contributed by atoms with Crippen LogP contribution in [0.25, 0.3) is 0 Å². The molecule has 1 fully saturated rings. The van der Waals surface area contributed by atoms with Gasteiger partial charge in [-0.15, -0.1) is 0 Å². The fraction of sp³-hybridized carbons (Fsp3) is 0.467. The van der Waals surface area contributed by atoms with E-state index in [4.69, 9.17) is 5.73 Å². The number of hydrogen-bond donors (Lipinski definition) is 2. The maximum atomic E-state index is 12.8. The summed E-state index contributed by atoms with van der Waals surface area (Å²) in [6.45, 7) is 2.30. The number of anilines is 1. The lowest BCUT2D eigenvalue weighted by Gasteiger charge is -2.29. The van der Waals surface area contributed by atoms with Crippen LogP contribution >= 0.6 is 0 Å². The number of carbonyl (C=O) groups is 2. The molecule has 7 nitrogen and oxygen atoms in total. The molecule has 3 N–H and O–H groups in total. The molecule has 2 amide bonds. The lowest BCUT2D eigenvalue weighted by molar-refractivity contribution is -0.122. The Hall–Kier alpha value is -1.93. The Morgan fingerprint density at radius 3 is 2.57 bits per heavy atom. The summed E-state index contributed by atoms with van der Waals surface area (Å²) in [7, 11) is -3.63. The fourth-order valence-electron chi connectivity index (χ4n) is 3.09. The number of piperidine rings is 1. The molecule has 1 saturated heterocycles. The lowest BCUT2D eigenvalue weighted by atomic mass is 9.98. The minimum Gasteiger partial charge on any atom is -0.369 e. The van der Waals surface area contributed by atoms with E-state index in [0.717, 1.165) is 0 Å². The van der Waals surface area contributed by atoms with Gasteiger partial charge in [0.2, 0.25) is 21.8 Å². The molecule has 2 heterocycles. The van der Waals surface area contributed by atoms with Crippen LogP contribution in [0, 0.1) is 5.92 Å². The van der Waals surface area contributed by atoms with Crippen molar-refractivity contribution in [3.05, 3.63) is 23.8 Å². The molecule has 124 valence electrons. The predicted octanol–water partition coefficient (Wildman–Crippen LogP) is 0.628. The average molecular weight is 337 g/mol. The first-order chi connectivity index (χ1) is 10.8. The number of nitrogens with two attached hydrogens (primary N) is 1. The summed E-state index contributed by atoms with van der Waals surface area (Å²) in [5.74, 6) is -1.13. The number of nitrogens with zero attached hydrogens (tertiary/aromatic N) is 1. The zero-order valence-electron chi connectivity index (χ0n) is 12.8. The molecule has 2 aliphatic heterocycles. The van der Waals surface area contributed by atoms with E-state index in [1.165, 1.54) is 10.4 Å². The van der Waals surface area contributed by atoms with E-state index in [1.54, 1.807) is 19.1 Å². The number of primary amides is 1. The summed E-state index contributed by atoms with van der Waals surface area (Å²) in [6, 6.07) is 4.69. The van der Waals surface area contributed by atoms with Gasteiger partial charge in [-0.05, 0) is 43.5 Å². The van der Waals surface area contributed by atoms with Gasteiger partial charge in [0, 0.05) is 24.7 Å². The third kappa shape index (κ3) is 2.72. The number of rotatable bonds is 3. The second-order valence-electron chi connectivity index (χ2n) is 6.04. The van der Waals surface area contributed by atoms with Gasteiger partial charge in [0.05, 0.1) is 10.8 Å². The van der Waals surface area contributed by atoms with Crippen LogP contribution in [0.3, 0.4) is 0 Å². The Morgan fingerprint density at radius 1 is 1.30 bits per heavy atom. The van der Waals surface area contributed by atoms with Crippen LogP contribution in [0.4, 0.5) is 5.69 Å². The van der Waals surface area contributed by atoms with Crippen LogP contribution in [-0.4, -0.2) is 37.6 Å². The summed E-state index contributed by atoms with van der Waals surface area (Å²) in [6.07, 6.45) is 0.881. The van der Waals surface area contributed by atoms with Crippen molar-refractivity contribution >= 4 is 27.5 Å². The van der Waals surface area contributed by atoms with Gasteiger partial charge in [0.15, 0.2) is 0 Å². The van der Waals surface area contributed by atoms with E-state index < -0.39 is 10.0 Å². The second-order valence-corrected chi connectivity index (χ2v) is 7.98. The quantitative estimate of drug-likeness (QED) is 0.843. The highest BCUT2D eigenvalue weighted by Gasteiger charge is 2.33. The van der Waals surface area contributed by atoms with Crippen LogP contribution in [-0.2, 0) is 19.6 Å². The third-order valence-corrected chi connectivity index (χ3v) is 6.53. The Bertz CT molecular complexity index is 767. The average Bonchev–Trinajstić information content (AvgIpc) is 2.82. The van der Waals surface area contributed by atoms with Gasteiger partial charge >= 0.3 is 0 Å². The maximum absolute atomic E-state index is 12.8. The van der Waals surface area contributed by atoms with Crippen molar-refractivity contribution in [2.75, 3.05) is 18.4 Å². The van der Waals surface area contributed by atoms with Crippen molar-refractivity contribution in [2.45, 2.75) is 30.6 Å². The number of hydrogen-bond acceptors (Lipinski definition) is 4. The van der Waals surface area contributed by atoms with Crippen LogP contribution < -0.4 is 11.1 Å². The molecular weight excluding hydrogens is 318 g/mol. The van der Waals surface area contributed by atoms with Crippen molar-refractivity contribution in [3.63, 3.8) is 0 Å². The van der Waals surface area contributed by atoms with E-state index in [1.807, 2.05) is 0 Å². The summed E-state index contributed by atoms with van der Waals surface area (Å²) in [5, 5.41) is 2.72. The molecular formula is C15H19N3O4S. The van der Waals surface area contributed by atoms with Crippen molar-refractivity contribution < 1.29 is 18.0 Å². The van der Waals surface area contributed by atoms with Crippen molar-refractivity contribution in [3.8, 4) is 0 Å². The zero-order valence-corrected chi connectivity index (χ0v) is 13.6. The van der Waals surface area contributed by atoms with Gasteiger partial charge in [0.1, 0.15) is 0 Å². The Morgan fingerprint density at radius 2 is 1.96 bits per heavy atom. The predicted molar refractivity (Wildman–Crippen MR) is 84.2 cm³/mol. The summed E-state index contributed by atoms with van der Waals surface area (Å²) < 4.78 is 26.9. The summed E-state index contributed by atoms with van der Waals surface area (Å²) in [4.78, 5) is 23.0. The molecule has 0 unspecified atom stereocenters. The Labute approximate surface area is 134 Å². The molecule has 0 saturated carbocycles. The highest BCUT2D eigenvalue weighted by atomic mass is 32.2. The largest absolute Gasteiger partial charge is 0.369 e. The maximum Gasteiger partial charge on any atom is 0.243 e. The first-order valence-corrected chi connectivity index (χ1v) is 8.99. The number of benzene rings is 1. The van der Waals surface area contributed by atoms with Gasteiger partial charge in [-0.1, -0.05) is 0 Å². The van der Waals surface area contributed by atoms with Crippen LogP contribution in [0.1, 0.15) is 31.2 Å². The molecule has 0 aliphatic carbocycles. The van der Waals surface area contributed by atoms with Crippen LogP contribution in [0.5, 0.6) is 0 Å². The van der Waals surface area contributed by atoms with Gasteiger partial charge in [-0.3, -0.25) is 9.59 Å². The molecule has 0 bridgehead atoms. The van der Waals surface area contributed by atoms with E-state index in [2.05, 4.69) is 5.32 Å².